The van der Waals surface area contributed by atoms with Crippen LogP contribution in [0.1, 0.15) is 168 Å². The number of hydrogen-bond donors (Lipinski definition) is 4. The van der Waals surface area contributed by atoms with Crippen LogP contribution in [0.4, 0.5) is 0 Å². The summed E-state index contributed by atoms with van der Waals surface area (Å²) in [4.78, 5) is 12.8. The first kappa shape index (κ1) is 57.1. The average molecular weight is 869 g/mol. The Kier molecular flexibility index (Phi) is 40.0. The molecule has 4 N–H and O–H groups in total. The maximum absolute atomic E-state index is 12.8. The molecule has 9 nitrogen and oxygen atoms in total. The fourth-order valence-electron chi connectivity index (χ4n) is 6.72. The Morgan fingerprint density at radius 1 is 0.532 bits per heavy atom. The smallest absolute Gasteiger partial charge is 0.306 e. The second-order valence-corrected chi connectivity index (χ2v) is 16.2. The van der Waals surface area contributed by atoms with Gasteiger partial charge in [-0.15, -0.1) is 0 Å². The lowest BCUT2D eigenvalue weighted by Gasteiger charge is -2.39. The molecule has 0 saturated carbocycles. The van der Waals surface area contributed by atoms with E-state index in [4.69, 9.17) is 18.9 Å². The van der Waals surface area contributed by atoms with E-state index in [0.29, 0.717) is 13.0 Å². The molecule has 6 unspecified atom stereocenters. The molecule has 0 radical (unpaired) electrons. The number of carbonyl (C=O) groups is 1. The van der Waals surface area contributed by atoms with Crippen molar-refractivity contribution in [3.63, 3.8) is 0 Å². The van der Waals surface area contributed by atoms with Crippen LogP contribution in [-0.4, -0.2) is 89.6 Å². The lowest BCUT2D eigenvalue weighted by atomic mass is 9.99. The first-order valence-electron chi connectivity index (χ1n) is 24.3. The van der Waals surface area contributed by atoms with Gasteiger partial charge in [0, 0.05) is 13.0 Å². The summed E-state index contributed by atoms with van der Waals surface area (Å²) >= 11 is 0. The SMILES string of the molecule is CC/C=C\C/C=C\C/C=C\C/C=C\C/C=C\C/C=C\CCC(=O)OC(COCCCCCCCCCCCC/C=C\C/C=C\CCCCC)COC1OC(CO)C(O)C(O)C1O. The van der Waals surface area contributed by atoms with Crippen LogP contribution in [0.15, 0.2) is 97.2 Å². The number of aliphatic hydroxyl groups is 4. The van der Waals surface area contributed by atoms with Crippen molar-refractivity contribution >= 4 is 5.97 Å². The highest BCUT2D eigenvalue weighted by atomic mass is 16.7. The summed E-state index contributed by atoms with van der Waals surface area (Å²) in [5.74, 6) is -0.399. The summed E-state index contributed by atoms with van der Waals surface area (Å²) in [6.45, 7) is 4.31. The van der Waals surface area contributed by atoms with Gasteiger partial charge in [0.2, 0.25) is 0 Å². The molecule has 0 bridgehead atoms. The van der Waals surface area contributed by atoms with Crippen LogP contribution in [-0.2, 0) is 23.7 Å². The second-order valence-electron chi connectivity index (χ2n) is 16.2. The zero-order chi connectivity index (χ0) is 45.0. The van der Waals surface area contributed by atoms with Gasteiger partial charge in [0.25, 0.3) is 0 Å². The minimum Gasteiger partial charge on any atom is -0.457 e. The molecule has 1 rings (SSSR count). The van der Waals surface area contributed by atoms with Crippen molar-refractivity contribution in [1.82, 2.24) is 0 Å². The summed E-state index contributed by atoms with van der Waals surface area (Å²) in [6, 6.07) is 0. The summed E-state index contributed by atoms with van der Waals surface area (Å²) in [5.41, 5.74) is 0. The predicted octanol–water partition coefficient (Wildman–Crippen LogP) is 11.6. The Bertz CT molecular complexity index is 1260. The molecule has 0 aromatic carbocycles. The molecule has 9 heteroatoms. The van der Waals surface area contributed by atoms with Crippen molar-refractivity contribution in [2.24, 2.45) is 0 Å². The lowest BCUT2D eigenvalue weighted by molar-refractivity contribution is -0.305. The standard InChI is InChI=1S/C53H88O9/c1-3-5-7-9-11-13-15-17-19-21-23-25-27-29-31-33-35-37-39-41-43-59-45-47(46-60-53-52(58)51(57)50(56)48(44-54)62-53)61-49(55)42-40-38-36-34-32-30-28-26-24-22-20-18-16-14-12-10-8-6-4-2/h6,8,11-14,17-20,24,26,30,32,36,38,47-48,50-54,56-58H,3-5,7,9-10,15-16,21-23,25,27-29,31,33-35,37,39-46H2,1-2H3/b8-6-,13-11-,14-12-,19-17-,20-18-,26-24-,32-30-,38-36-. The van der Waals surface area contributed by atoms with Crippen LogP contribution >= 0.6 is 0 Å². The zero-order valence-electron chi connectivity index (χ0n) is 38.8. The van der Waals surface area contributed by atoms with Gasteiger partial charge in [-0.25, -0.2) is 0 Å². The van der Waals surface area contributed by atoms with Crippen molar-refractivity contribution < 1.29 is 44.2 Å². The second kappa shape index (κ2) is 43.4. The van der Waals surface area contributed by atoms with E-state index < -0.39 is 49.4 Å². The number of unbranched alkanes of at least 4 members (excludes halogenated alkanes) is 13. The van der Waals surface area contributed by atoms with E-state index >= 15 is 0 Å². The maximum atomic E-state index is 12.8. The van der Waals surface area contributed by atoms with Crippen molar-refractivity contribution in [3.05, 3.63) is 97.2 Å². The third-order valence-corrected chi connectivity index (χ3v) is 10.5. The highest BCUT2D eigenvalue weighted by Crippen LogP contribution is 2.22. The van der Waals surface area contributed by atoms with E-state index in [-0.39, 0.29) is 19.6 Å². The fraction of sp³-hybridized carbons (Fsp3) is 0.679. The molecular formula is C53H88O9. The highest BCUT2D eigenvalue weighted by molar-refractivity contribution is 5.69. The number of rotatable bonds is 40. The summed E-state index contributed by atoms with van der Waals surface area (Å²) in [6.07, 6.45) is 53.0. The Morgan fingerprint density at radius 2 is 0.984 bits per heavy atom. The third-order valence-electron chi connectivity index (χ3n) is 10.5. The van der Waals surface area contributed by atoms with Crippen LogP contribution in [0.5, 0.6) is 0 Å². The van der Waals surface area contributed by atoms with Crippen LogP contribution in [0.3, 0.4) is 0 Å². The summed E-state index contributed by atoms with van der Waals surface area (Å²) < 4.78 is 22.8. The Morgan fingerprint density at radius 3 is 1.48 bits per heavy atom. The van der Waals surface area contributed by atoms with Crippen molar-refractivity contribution in [1.29, 1.82) is 0 Å². The van der Waals surface area contributed by atoms with Gasteiger partial charge >= 0.3 is 5.97 Å². The van der Waals surface area contributed by atoms with E-state index in [1.54, 1.807) is 0 Å². The topological polar surface area (TPSA) is 135 Å². The van der Waals surface area contributed by atoms with Gasteiger partial charge in [-0.1, -0.05) is 175 Å². The van der Waals surface area contributed by atoms with Gasteiger partial charge < -0.3 is 39.4 Å². The monoisotopic (exact) mass is 869 g/mol. The largest absolute Gasteiger partial charge is 0.457 e. The highest BCUT2D eigenvalue weighted by Gasteiger charge is 2.44. The number of carbonyl (C=O) groups excluding carboxylic acids is 1. The minimum atomic E-state index is -1.56. The van der Waals surface area contributed by atoms with Gasteiger partial charge in [0.15, 0.2) is 6.29 Å². The fourth-order valence-corrected chi connectivity index (χ4v) is 6.72. The molecule has 1 fully saturated rings. The summed E-state index contributed by atoms with van der Waals surface area (Å²) in [5, 5.41) is 40.2. The average Bonchev–Trinajstić information content (AvgIpc) is 3.27. The van der Waals surface area contributed by atoms with Crippen LogP contribution in [0.25, 0.3) is 0 Å². The molecule has 1 aliphatic heterocycles. The van der Waals surface area contributed by atoms with E-state index in [2.05, 4.69) is 98.9 Å². The molecule has 0 aromatic rings. The molecule has 0 spiro atoms. The van der Waals surface area contributed by atoms with Crippen LogP contribution in [0.2, 0.25) is 0 Å². The predicted molar refractivity (Wildman–Crippen MR) is 256 cm³/mol. The third kappa shape index (κ3) is 33.6. The Balaban J connectivity index is 2.30. The molecule has 62 heavy (non-hydrogen) atoms. The van der Waals surface area contributed by atoms with Crippen molar-refractivity contribution in [2.45, 2.75) is 205 Å². The van der Waals surface area contributed by atoms with Crippen molar-refractivity contribution in [2.75, 3.05) is 26.4 Å². The first-order chi connectivity index (χ1) is 30.4. The van der Waals surface area contributed by atoms with Gasteiger partial charge in [-0.3, -0.25) is 4.79 Å². The van der Waals surface area contributed by atoms with Gasteiger partial charge in [-0.2, -0.15) is 0 Å². The first-order valence-corrected chi connectivity index (χ1v) is 24.3. The minimum absolute atomic E-state index is 0.106. The summed E-state index contributed by atoms with van der Waals surface area (Å²) in [7, 11) is 0. The molecule has 1 saturated heterocycles. The Labute approximate surface area is 377 Å². The normalized spacial score (nSPS) is 20.6. The molecule has 0 aromatic heterocycles. The lowest BCUT2D eigenvalue weighted by Crippen LogP contribution is -2.59. The van der Waals surface area contributed by atoms with E-state index in [1.165, 1.54) is 77.0 Å². The molecule has 1 heterocycles. The van der Waals surface area contributed by atoms with Crippen LogP contribution in [0, 0.1) is 0 Å². The number of aliphatic hydroxyl groups excluding tert-OH is 4. The number of hydrogen-bond acceptors (Lipinski definition) is 9. The van der Waals surface area contributed by atoms with E-state index in [9.17, 15) is 25.2 Å². The van der Waals surface area contributed by atoms with Crippen molar-refractivity contribution in [3.8, 4) is 0 Å². The van der Waals surface area contributed by atoms with Gasteiger partial charge in [-0.05, 0) is 83.5 Å². The quantitative estimate of drug-likeness (QED) is 0.0270. The van der Waals surface area contributed by atoms with Gasteiger partial charge in [0.05, 0.1) is 19.8 Å². The van der Waals surface area contributed by atoms with Crippen LogP contribution < -0.4 is 0 Å². The molecule has 354 valence electrons. The molecule has 0 amide bonds. The van der Waals surface area contributed by atoms with E-state index in [1.807, 2.05) is 12.2 Å². The molecule has 6 atom stereocenters. The number of ether oxygens (including phenoxy) is 4. The molecule has 1 aliphatic rings. The maximum Gasteiger partial charge on any atom is 0.306 e. The number of esters is 1. The number of allylic oxidation sites excluding steroid dienone is 16. The molecule has 0 aliphatic carbocycles. The molecular weight excluding hydrogens is 781 g/mol. The Hall–Kier alpha value is -2.89. The zero-order valence-corrected chi connectivity index (χ0v) is 38.8. The van der Waals surface area contributed by atoms with E-state index in [0.717, 1.165) is 64.2 Å². The van der Waals surface area contributed by atoms with Gasteiger partial charge in [0.1, 0.15) is 30.5 Å².